The number of aliphatic hydroxyl groups is 2. The topological polar surface area (TPSA) is 72.8 Å². The highest BCUT2D eigenvalue weighted by Crippen LogP contribution is 2.69. The molecule has 1 saturated heterocycles. The highest BCUT2D eigenvalue weighted by atomic mass is 16.3. The van der Waals surface area contributed by atoms with E-state index >= 15 is 0 Å². The number of β-amino-alcohol motifs (C(OH)–C–C–N with tert-alkyl or cyclic N) is 1. The van der Waals surface area contributed by atoms with Crippen LogP contribution in [0, 0.1) is 11.3 Å². The average molecular weight is 407 g/mol. The second kappa shape index (κ2) is 7.80. The van der Waals surface area contributed by atoms with E-state index in [4.69, 9.17) is 5.11 Å². The molecule has 5 heteroatoms. The van der Waals surface area contributed by atoms with Gasteiger partial charge in [-0.1, -0.05) is 54.6 Å². The van der Waals surface area contributed by atoms with Gasteiger partial charge in [-0.05, 0) is 41.4 Å². The van der Waals surface area contributed by atoms with E-state index in [1.54, 1.807) is 0 Å². The number of nitrogens with one attached hydrogen (secondary N) is 1. The van der Waals surface area contributed by atoms with Gasteiger partial charge in [0.15, 0.2) is 0 Å². The highest BCUT2D eigenvalue weighted by Gasteiger charge is 2.71. The summed E-state index contributed by atoms with van der Waals surface area (Å²) in [5.74, 6) is 0.338. The zero-order valence-corrected chi connectivity index (χ0v) is 17.2. The van der Waals surface area contributed by atoms with Gasteiger partial charge in [0.25, 0.3) is 0 Å². The van der Waals surface area contributed by atoms with Crippen molar-refractivity contribution in [2.24, 2.45) is 11.3 Å². The van der Waals surface area contributed by atoms with E-state index in [2.05, 4.69) is 58.7 Å². The van der Waals surface area contributed by atoms with Crippen LogP contribution in [-0.4, -0.2) is 59.4 Å². The Balaban J connectivity index is 1.35. The van der Waals surface area contributed by atoms with Crippen molar-refractivity contribution >= 4 is 5.91 Å². The first-order valence-electron chi connectivity index (χ1n) is 11.0. The number of benzene rings is 2. The van der Waals surface area contributed by atoms with Crippen LogP contribution in [-0.2, 0) is 17.6 Å². The molecule has 1 saturated carbocycles. The van der Waals surface area contributed by atoms with Crippen molar-refractivity contribution in [1.29, 1.82) is 0 Å². The molecular formula is C25H30N2O3. The van der Waals surface area contributed by atoms with E-state index < -0.39 is 6.10 Å². The van der Waals surface area contributed by atoms with Crippen LogP contribution in [0.5, 0.6) is 0 Å². The van der Waals surface area contributed by atoms with Gasteiger partial charge in [0.2, 0.25) is 5.91 Å². The number of hydrogen-bond acceptors (Lipinski definition) is 4. The third-order valence-electron chi connectivity index (χ3n) is 7.63. The lowest BCUT2D eigenvalue weighted by atomic mass is 9.95. The minimum Gasteiger partial charge on any atom is -0.396 e. The van der Waals surface area contributed by atoms with Gasteiger partial charge in [0.05, 0.1) is 12.7 Å². The number of nitrogens with zero attached hydrogens (tertiary/aromatic N) is 1. The number of amides is 1. The van der Waals surface area contributed by atoms with Crippen LogP contribution in [0.1, 0.15) is 29.0 Å². The van der Waals surface area contributed by atoms with Crippen LogP contribution in [0.25, 0.3) is 0 Å². The Morgan fingerprint density at radius 3 is 2.40 bits per heavy atom. The quantitative estimate of drug-likeness (QED) is 0.683. The second-order valence-electron chi connectivity index (χ2n) is 9.16. The van der Waals surface area contributed by atoms with E-state index in [9.17, 15) is 9.90 Å². The third kappa shape index (κ3) is 3.25. The van der Waals surface area contributed by atoms with E-state index in [0.717, 1.165) is 19.4 Å². The number of carbonyl (C=O) groups is 1. The minimum absolute atomic E-state index is 0.123. The summed E-state index contributed by atoms with van der Waals surface area (Å²) in [5.41, 5.74) is 3.90. The number of carbonyl (C=O) groups excluding carboxylic acids is 1. The van der Waals surface area contributed by atoms with Crippen LogP contribution in [0.2, 0.25) is 0 Å². The van der Waals surface area contributed by atoms with Crippen molar-refractivity contribution in [2.45, 2.75) is 37.3 Å². The smallest absolute Gasteiger partial charge is 0.222 e. The van der Waals surface area contributed by atoms with E-state index in [1.165, 1.54) is 16.7 Å². The van der Waals surface area contributed by atoms with Crippen molar-refractivity contribution in [2.75, 3.05) is 26.2 Å². The third-order valence-corrected chi connectivity index (χ3v) is 7.63. The van der Waals surface area contributed by atoms with E-state index in [-0.39, 0.29) is 36.2 Å². The number of rotatable bonds is 6. The molecule has 2 aromatic carbocycles. The van der Waals surface area contributed by atoms with Crippen LogP contribution in [0.15, 0.2) is 54.6 Å². The van der Waals surface area contributed by atoms with Crippen molar-refractivity contribution in [3.63, 3.8) is 0 Å². The second-order valence-corrected chi connectivity index (χ2v) is 9.16. The Morgan fingerprint density at radius 2 is 1.73 bits per heavy atom. The average Bonchev–Trinajstić information content (AvgIpc) is 3.02. The lowest BCUT2D eigenvalue weighted by Crippen LogP contribution is -2.35. The Morgan fingerprint density at radius 1 is 1.07 bits per heavy atom. The van der Waals surface area contributed by atoms with E-state index in [1.807, 2.05) is 6.07 Å². The van der Waals surface area contributed by atoms with E-state index in [0.29, 0.717) is 19.1 Å². The maximum Gasteiger partial charge on any atom is 0.222 e. The van der Waals surface area contributed by atoms with Crippen molar-refractivity contribution in [3.05, 3.63) is 71.3 Å². The predicted molar refractivity (Wildman–Crippen MR) is 115 cm³/mol. The molecule has 3 aliphatic rings. The Kier molecular flexibility index (Phi) is 5.13. The van der Waals surface area contributed by atoms with Crippen LogP contribution < -0.4 is 5.32 Å². The van der Waals surface area contributed by atoms with Gasteiger partial charge in [-0.25, -0.2) is 0 Å². The Hall–Kier alpha value is -2.21. The van der Waals surface area contributed by atoms with Gasteiger partial charge in [-0.3, -0.25) is 9.69 Å². The standard InChI is InChI=1S/C25H30N2O3/c28-11-10-23(30)26-14-21-24(17-6-2-1-3-7-17)25(21)16-27(15-22(25)29)20-12-18-8-4-5-9-19(18)13-20/h1-9,20-22,24,28-29H,10-16H2,(H,26,30)/t21-,22-,24-,25-/m1/s1. The zero-order valence-electron chi connectivity index (χ0n) is 17.2. The molecule has 1 spiro atoms. The van der Waals surface area contributed by atoms with Gasteiger partial charge < -0.3 is 15.5 Å². The molecule has 0 radical (unpaired) electrons. The molecule has 3 N–H and O–H groups in total. The zero-order chi connectivity index (χ0) is 20.7. The van der Waals surface area contributed by atoms with Gasteiger partial charge in [0, 0.05) is 37.5 Å². The first kappa shape index (κ1) is 19.7. The molecular weight excluding hydrogens is 376 g/mol. The number of likely N-dealkylation sites (tertiary alicyclic amines) is 1. The summed E-state index contributed by atoms with van der Waals surface area (Å²) in [7, 11) is 0. The first-order valence-corrected chi connectivity index (χ1v) is 11.0. The Bertz CT molecular complexity index is 893. The summed E-state index contributed by atoms with van der Waals surface area (Å²) >= 11 is 0. The van der Waals surface area contributed by atoms with Gasteiger partial charge in [-0.15, -0.1) is 0 Å². The highest BCUT2D eigenvalue weighted by molar-refractivity contribution is 5.76. The fourth-order valence-corrected chi connectivity index (χ4v) is 6.12. The molecule has 5 nitrogen and oxygen atoms in total. The Labute approximate surface area is 177 Å². The normalized spacial score (nSPS) is 30.5. The molecule has 5 rings (SSSR count). The molecule has 4 atom stereocenters. The summed E-state index contributed by atoms with van der Waals surface area (Å²) in [6.45, 7) is 1.98. The van der Waals surface area contributed by atoms with Crippen LogP contribution in [0.4, 0.5) is 0 Å². The molecule has 2 aliphatic carbocycles. The molecule has 158 valence electrons. The molecule has 0 unspecified atom stereocenters. The van der Waals surface area contributed by atoms with Crippen molar-refractivity contribution in [3.8, 4) is 0 Å². The van der Waals surface area contributed by atoms with Gasteiger partial charge in [-0.2, -0.15) is 0 Å². The summed E-state index contributed by atoms with van der Waals surface area (Å²) in [5, 5.41) is 23.2. The van der Waals surface area contributed by atoms with Gasteiger partial charge in [0.1, 0.15) is 0 Å². The molecule has 0 bridgehead atoms. The van der Waals surface area contributed by atoms with Crippen molar-refractivity contribution in [1.82, 2.24) is 10.2 Å². The van der Waals surface area contributed by atoms with Crippen molar-refractivity contribution < 1.29 is 15.0 Å². The fraction of sp³-hybridized carbons (Fsp3) is 0.480. The fourth-order valence-electron chi connectivity index (χ4n) is 6.12. The lowest BCUT2D eigenvalue weighted by Gasteiger charge is -2.23. The summed E-state index contributed by atoms with van der Waals surface area (Å²) in [4.78, 5) is 14.4. The molecule has 30 heavy (non-hydrogen) atoms. The first-order chi connectivity index (χ1) is 14.6. The molecule has 2 aromatic rings. The predicted octanol–water partition coefficient (Wildman–Crippen LogP) is 1.73. The molecule has 1 aliphatic heterocycles. The lowest BCUT2D eigenvalue weighted by molar-refractivity contribution is -0.121. The molecule has 1 amide bonds. The number of hydrogen-bond donors (Lipinski definition) is 3. The largest absolute Gasteiger partial charge is 0.396 e. The maximum atomic E-state index is 12.0. The number of fused-ring (bicyclic) bond motifs is 1. The monoisotopic (exact) mass is 406 g/mol. The summed E-state index contributed by atoms with van der Waals surface area (Å²) in [6, 6.07) is 19.5. The van der Waals surface area contributed by atoms with Crippen LogP contribution >= 0.6 is 0 Å². The molecule has 1 heterocycles. The SMILES string of the molecule is O=C(CCO)NC[C@@H]1[C@@H](c2ccccc2)[C@]12CN(C1Cc3ccccc3C1)C[C@H]2O. The maximum absolute atomic E-state index is 12.0. The summed E-state index contributed by atoms with van der Waals surface area (Å²) < 4.78 is 0. The molecule has 0 aromatic heterocycles. The molecule has 2 fully saturated rings. The minimum atomic E-state index is -0.397. The summed E-state index contributed by atoms with van der Waals surface area (Å²) in [6.07, 6.45) is 1.83. The number of aliphatic hydroxyl groups excluding tert-OH is 2. The van der Waals surface area contributed by atoms with Crippen LogP contribution in [0.3, 0.4) is 0 Å². The van der Waals surface area contributed by atoms with Gasteiger partial charge >= 0.3 is 0 Å².